The Morgan fingerprint density at radius 2 is 2.00 bits per heavy atom. The minimum Gasteiger partial charge on any atom is -0.391 e. The molecule has 4 aromatic rings. The van der Waals surface area contributed by atoms with E-state index in [4.69, 9.17) is 4.98 Å². The van der Waals surface area contributed by atoms with Crippen molar-refractivity contribution < 1.29 is 9.90 Å². The molecule has 1 amide bonds. The first kappa shape index (κ1) is 17.8. The lowest BCUT2D eigenvalue weighted by Gasteiger charge is -2.16. The van der Waals surface area contributed by atoms with Crippen molar-refractivity contribution in [1.29, 1.82) is 0 Å². The highest BCUT2D eigenvalue weighted by molar-refractivity contribution is 5.94. The minimum absolute atomic E-state index is 0.0507. The number of aliphatic hydroxyl groups excluding tert-OH is 1. The van der Waals surface area contributed by atoms with Crippen molar-refractivity contribution in [2.75, 3.05) is 13.1 Å². The topological polar surface area (TPSA) is 83.6 Å². The summed E-state index contributed by atoms with van der Waals surface area (Å²) in [6, 6.07) is 13.8. The number of rotatable bonds is 3. The molecular weight excluding hydrogens is 366 g/mol. The van der Waals surface area contributed by atoms with E-state index in [-0.39, 0.29) is 11.8 Å². The Balaban J connectivity index is 1.37. The third kappa shape index (κ3) is 3.13. The highest BCUT2D eigenvalue weighted by atomic mass is 16.3. The van der Waals surface area contributed by atoms with Gasteiger partial charge in [-0.05, 0) is 31.5 Å². The highest BCUT2D eigenvalue weighted by Gasteiger charge is 2.36. The van der Waals surface area contributed by atoms with Gasteiger partial charge in [0.15, 0.2) is 0 Å². The lowest BCUT2D eigenvalue weighted by Crippen LogP contribution is -2.31. The van der Waals surface area contributed by atoms with E-state index in [2.05, 4.69) is 16.0 Å². The molecule has 0 aliphatic carbocycles. The lowest BCUT2D eigenvalue weighted by molar-refractivity contribution is 0.0757. The summed E-state index contributed by atoms with van der Waals surface area (Å²) >= 11 is 0. The second-order valence-electron chi connectivity index (χ2n) is 7.57. The zero-order chi connectivity index (χ0) is 20.0. The standard InChI is InChI=1S/C22H21N5O2/c1-14-20(27-10-4-9-23-22(27)24-14)21(29)26-12-16(19(28)13-26)11-17-8-7-15-5-2-3-6-18(15)25-17/h2-10,16,19,28H,11-13H2,1H3/t16-,19-/m1/s1. The third-order valence-electron chi connectivity index (χ3n) is 5.60. The Morgan fingerprint density at radius 3 is 2.90 bits per heavy atom. The van der Waals surface area contributed by atoms with Crippen LogP contribution in [0.3, 0.4) is 0 Å². The van der Waals surface area contributed by atoms with Crippen molar-refractivity contribution >= 4 is 22.6 Å². The summed E-state index contributed by atoms with van der Waals surface area (Å²) in [5.41, 5.74) is 3.02. The van der Waals surface area contributed by atoms with Gasteiger partial charge < -0.3 is 10.0 Å². The maximum Gasteiger partial charge on any atom is 0.272 e. The number of carbonyl (C=O) groups is 1. The van der Waals surface area contributed by atoms with Gasteiger partial charge in [-0.25, -0.2) is 9.97 Å². The molecule has 1 aliphatic rings. The molecule has 2 atom stereocenters. The Morgan fingerprint density at radius 1 is 1.14 bits per heavy atom. The number of imidazole rings is 1. The molecule has 7 heteroatoms. The van der Waals surface area contributed by atoms with Crippen LogP contribution < -0.4 is 0 Å². The number of aryl methyl sites for hydroxylation is 1. The average Bonchev–Trinajstić information content (AvgIpc) is 3.26. The smallest absolute Gasteiger partial charge is 0.272 e. The van der Waals surface area contributed by atoms with E-state index in [0.29, 0.717) is 36.7 Å². The first-order valence-corrected chi connectivity index (χ1v) is 9.72. The molecule has 1 aromatic carbocycles. The van der Waals surface area contributed by atoms with E-state index < -0.39 is 6.10 Å². The Labute approximate surface area is 167 Å². The first-order chi connectivity index (χ1) is 14.1. The highest BCUT2D eigenvalue weighted by Crippen LogP contribution is 2.24. The third-order valence-corrected chi connectivity index (χ3v) is 5.60. The summed E-state index contributed by atoms with van der Waals surface area (Å²) in [4.78, 5) is 28.2. The van der Waals surface area contributed by atoms with E-state index in [1.165, 1.54) is 0 Å². The summed E-state index contributed by atoms with van der Waals surface area (Å²) in [5, 5.41) is 11.7. The minimum atomic E-state index is -0.579. The zero-order valence-corrected chi connectivity index (χ0v) is 16.1. The molecule has 0 bridgehead atoms. The van der Waals surface area contributed by atoms with Crippen molar-refractivity contribution in [2.24, 2.45) is 5.92 Å². The van der Waals surface area contributed by atoms with Crippen molar-refractivity contribution in [3.8, 4) is 0 Å². The number of hydrogen-bond donors (Lipinski definition) is 1. The number of hydrogen-bond acceptors (Lipinski definition) is 5. The normalized spacial score (nSPS) is 19.3. The molecule has 0 radical (unpaired) electrons. The Hall–Kier alpha value is -3.32. The number of fused-ring (bicyclic) bond motifs is 2. The number of aromatic nitrogens is 4. The van der Waals surface area contributed by atoms with Gasteiger partial charge in [0.2, 0.25) is 5.78 Å². The molecule has 1 saturated heterocycles. The molecule has 0 spiro atoms. The molecule has 146 valence electrons. The van der Waals surface area contributed by atoms with Crippen LogP contribution in [-0.2, 0) is 6.42 Å². The molecule has 0 unspecified atom stereocenters. The molecule has 5 rings (SSSR count). The van der Waals surface area contributed by atoms with Crippen molar-refractivity contribution in [2.45, 2.75) is 19.4 Å². The molecule has 1 aliphatic heterocycles. The molecular formula is C22H21N5O2. The number of β-amino-alcohol motifs (C(OH)–C–C–N with tert-alkyl or cyclic N) is 1. The zero-order valence-electron chi connectivity index (χ0n) is 16.1. The van der Waals surface area contributed by atoms with Crippen LogP contribution in [0.1, 0.15) is 21.9 Å². The lowest BCUT2D eigenvalue weighted by atomic mass is 9.99. The second-order valence-corrected chi connectivity index (χ2v) is 7.57. The van der Waals surface area contributed by atoms with Crippen LogP contribution >= 0.6 is 0 Å². The van der Waals surface area contributed by atoms with E-state index in [9.17, 15) is 9.90 Å². The number of likely N-dealkylation sites (tertiary alicyclic amines) is 1. The number of pyridine rings is 1. The van der Waals surface area contributed by atoms with E-state index in [1.54, 1.807) is 27.8 Å². The van der Waals surface area contributed by atoms with Crippen LogP contribution in [0.5, 0.6) is 0 Å². The predicted octanol–water partition coefficient (Wildman–Crippen LogP) is 2.26. The number of carbonyl (C=O) groups excluding carboxylic acids is 1. The van der Waals surface area contributed by atoms with E-state index in [1.807, 2.05) is 37.3 Å². The Kier molecular flexibility index (Phi) is 4.24. The van der Waals surface area contributed by atoms with Crippen LogP contribution in [0.4, 0.5) is 0 Å². The van der Waals surface area contributed by atoms with E-state index in [0.717, 1.165) is 16.6 Å². The molecule has 1 fully saturated rings. The molecule has 29 heavy (non-hydrogen) atoms. The molecule has 4 heterocycles. The number of para-hydroxylation sites is 1. The fourth-order valence-electron chi connectivity index (χ4n) is 4.12. The van der Waals surface area contributed by atoms with Gasteiger partial charge in [-0.3, -0.25) is 14.2 Å². The fraction of sp³-hybridized carbons (Fsp3) is 0.273. The SMILES string of the molecule is Cc1nc2ncccn2c1C(=O)N1C[C@@H](Cc2ccc3ccccc3n2)[C@H](O)C1. The van der Waals surface area contributed by atoms with Crippen LogP contribution in [0, 0.1) is 12.8 Å². The number of benzene rings is 1. The molecule has 1 N–H and O–H groups in total. The summed E-state index contributed by atoms with van der Waals surface area (Å²) in [7, 11) is 0. The van der Waals surface area contributed by atoms with Gasteiger partial charge in [0.1, 0.15) is 5.69 Å². The molecule has 3 aromatic heterocycles. The van der Waals surface area contributed by atoms with Gasteiger partial charge >= 0.3 is 0 Å². The van der Waals surface area contributed by atoms with Crippen LogP contribution in [-0.4, -0.2) is 54.5 Å². The van der Waals surface area contributed by atoms with Crippen LogP contribution in [0.25, 0.3) is 16.7 Å². The summed E-state index contributed by atoms with van der Waals surface area (Å²) < 4.78 is 1.71. The van der Waals surface area contributed by atoms with Crippen molar-refractivity contribution in [3.05, 3.63) is 71.9 Å². The summed E-state index contributed by atoms with van der Waals surface area (Å²) in [6.45, 7) is 2.61. The fourth-order valence-corrected chi connectivity index (χ4v) is 4.12. The average molecular weight is 387 g/mol. The maximum atomic E-state index is 13.2. The van der Waals surface area contributed by atoms with Gasteiger partial charge in [0.25, 0.3) is 5.91 Å². The van der Waals surface area contributed by atoms with Gasteiger partial charge in [-0.15, -0.1) is 0 Å². The van der Waals surface area contributed by atoms with Gasteiger partial charge in [0, 0.05) is 42.5 Å². The van der Waals surface area contributed by atoms with Gasteiger partial charge in [-0.2, -0.15) is 0 Å². The largest absolute Gasteiger partial charge is 0.391 e. The predicted molar refractivity (Wildman–Crippen MR) is 109 cm³/mol. The van der Waals surface area contributed by atoms with E-state index >= 15 is 0 Å². The number of amides is 1. The monoisotopic (exact) mass is 387 g/mol. The second kappa shape index (κ2) is 6.93. The number of aliphatic hydroxyl groups is 1. The van der Waals surface area contributed by atoms with Crippen molar-refractivity contribution in [1.82, 2.24) is 24.3 Å². The Bertz CT molecular complexity index is 1220. The van der Waals surface area contributed by atoms with Gasteiger partial charge in [-0.1, -0.05) is 24.3 Å². The quantitative estimate of drug-likeness (QED) is 0.583. The maximum absolute atomic E-state index is 13.2. The van der Waals surface area contributed by atoms with Crippen LogP contribution in [0.2, 0.25) is 0 Å². The first-order valence-electron chi connectivity index (χ1n) is 9.72. The van der Waals surface area contributed by atoms with Crippen molar-refractivity contribution in [3.63, 3.8) is 0 Å². The van der Waals surface area contributed by atoms with Gasteiger partial charge in [0.05, 0.1) is 17.3 Å². The van der Waals surface area contributed by atoms with Crippen LogP contribution in [0.15, 0.2) is 54.9 Å². The summed E-state index contributed by atoms with van der Waals surface area (Å²) in [5.74, 6) is 0.325. The summed E-state index contributed by atoms with van der Waals surface area (Å²) in [6.07, 6.45) is 3.49. The molecule has 0 saturated carbocycles. The molecule has 7 nitrogen and oxygen atoms in total. The number of nitrogens with zero attached hydrogens (tertiary/aromatic N) is 5.